The molecule has 0 spiro atoms. The summed E-state index contributed by atoms with van der Waals surface area (Å²) in [7, 11) is -0.162. The maximum Gasteiger partial charge on any atom is 0.282 e. The second-order valence-electron chi connectivity index (χ2n) is 1.99. The molecule has 0 aromatic carbocycles. The van der Waals surface area contributed by atoms with Gasteiger partial charge in [0.05, 0.1) is 6.54 Å². The summed E-state index contributed by atoms with van der Waals surface area (Å²) < 4.78 is 10.3. The molecule has 64 valence electrons. The minimum Gasteiger partial charge on any atom is -0.449 e. The Bertz CT molecular complexity index is 128. The Balaban J connectivity index is 2.84. The fraction of sp³-hybridized carbons (Fsp3) is 0.750. The molecule has 0 heterocycles. The third-order valence-electron chi connectivity index (χ3n) is 1.07. The molecule has 0 saturated heterocycles. The van der Waals surface area contributed by atoms with E-state index in [0.717, 1.165) is 23.0 Å². The molecule has 0 aromatic heterocycles. The first-order valence-corrected chi connectivity index (χ1v) is 7.07. The van der Waals surface area contributed by atoms with E-state index in [2.05, 4.69) is 4.99 Å². The van der Waals surface area contributed by atoms with Crippen LogP contribution in [0.15, 0.2) is 4.99 Å². The Hall–Kier alpha value is -0.0494. The van der Waals surface area contributed by atoms with Gasteiger partial charge in [-0.25, -0.2) is 9.79 Å². The monoisotopic (exact) mass is 207 g/mol. The molecule has 0 atom stereocenters. The number of hydrogen-bond donors (Lipinski definition) is 0. The van der Waals surface area contributed by atoms with E-state index >= 15 is 0 Å². The molecular formula is C4H13NO3Si3. The largest absolute Gasteiger partial charge is 0.449 e. The van der Waals surface area contributed by atoms with Crippen LogP contribution in [-0.2, 0) is 13.0 Å². The van der Waals surface area contributed by atoms with E-state index in [1.165, 1.54) is 6.08 Å². The summed E-state index contributed by atoms with van der Waals surface area (Å²) in [6.45, 7) is 0.600. The fourth-order valence-corrected chi connectivity index (χ4v) is 4.47. The summed E-state index contributed by atoms with van der Waals surface area (Å²) in [5.74, 6) is 0. The van der Waals surface area contributed by atoms with Gasteiger partial charge in [0.1, 0.15) is 20.2 Å². The van der Waals surface area contributed by atoms with E-state index in [0.29, 0.717) is 6.54 Å². The minimum absolute atomic E-state index is 0.359. The summed E-state index contributed by atoms with van der Waals surface area (Å²) in [5, 5.41) is 0. The van der Waals surface area contributed by atoms with Crippen LogP contribution in [0.2, 0.25) is 6.04 Å². The van der Waals surface area contributed by atoms with E-state index in [1.807, 2.05) is 0 Å². The van der Waals surface area contributed by atoms with Gasteiger partial charge < -0.3 is 8.23 Å². The maximum atomic E-state index is 9.62. The standard InChI is InChI=1S/C4H13NO3Si3/c6-4-5-2-1-3-10-8-11-7-9/h1-3,10-11H2,9H3. The zero-order valence-corrected chi connectivity index (χ0v) is 11.5. The highest BCUT2D eigenvalue weighted by molar-refractivity contribution is 6.41. The van der Waals surface area contributed by atoms with Crippen molar-refractivity contribution in [2.24, 2.45) is 4.99 Å². The first-order chi connectivity index (χ1) is 5.41. The lowest BCUT2D eigenvalue weighted by molar-refractivity contribution is 0.500. The normalized spacial score (nSPS) is 11.6. The lowest BCUT2D eigenvalue weighted by Crippen LogP contribution is -2.06. The smallest absolute Gasteiger partial charge is 0.282 e. The molecule has 0 saturated carbocycles. The molecule has 0 bridgehead atoms. The average molecular weight is 207 g/mol. The van der Waals surface area contributed by atoms with Crippen molar-refractivity contribution < 1.29 is 13.0 Å². The molecule has 0 aliphatic carbocycles. The molecule has 0 radical (unpaired) electrons. The molecule has 0 N–H and O–H groups in total. The van der Waals surface area contributed by atoms with Crippen molar-refractivity contribution in [2.75, 3.05) is 6.54 Å². The van der Waals surface area contributed by atoms with E-state index in [-0.39, 0.29) is 9.76 Å². The number of carbonyl (C=O) groups excluding carboxylic acids is 1. The highest BCUT2D eigenvalue weighted by Crippen LogP contribution is 1.88. The first-order valence-electron chi connectivity index (χ1n) is 3.52. The van der Waals surface area contributed by atoms with Gasteiger partial charge in [-0.3, -0.25) is 0 Å². The van der Waals surface area contributed by atoms with Crippen molar-refractivity contribution in [3.63, 3.8) is 0 Å². The highest BCUT2D eigenvalue weighted by atomic mass is 28.3. The van der Waals surface area contributed by atoms with Crippen LogP contribution in [0, 0.1) is 0 Å². The number of isocyanates is 1. The van der Waals surface area contributed by atoms with Crippen LogP contribution in [0.4, 0.5) is 0 Å². The Morgan fingerprint density at radius 1 is 1.64 bits per heavy atom. The second-order valence-corrected chi connectivity index (χ2v) is 7.29. The van der Waals surface area contributed by atoms with Crippen LogP contribution in [0.5, 0.6) is 0 Å². The summed E-state index contributed by atoms with van der Waals surface area (Å²) in [4.78, 5) is 13.1. The lowest BCUT2D eigenvalue weighted by Gasteiger charge is -1.99. The lowest BCUT2D eigenvalue weighted by atomic mass is 10.5. The quantitative estimate of drug-likeness (QED) is 0.201. The van der Waals surface area contributed by atoms with Crippen molar-refractivity contribution in [3.8, 4) is 0 Å². The summed E-state index contributed by atoms with van der Waals surface area (Å²) in [6, 6.07) is 1.09. The molecule has 0 amide bonds. The van der Waals surface area contributed by atoms with Crippen molar-refractivity contribution in [2.45, 2.75) is 12.5 Å². The number of hydrogen-bond acceptors (Lipinski definition) is 4. The van der Waals surface area contributed by atoms with E-state index in [9.17, 15) is 4.79 Å². The van der Waals surface area contributed by atoms with Gasteiger partial charge in [0.25, 0.3) is 10.0 Å². The molecule has 0 unspecified atom stereocenters. The second kappa shape index (κ2) is 9.95. The van der Waals surface area contributed by atoms with Gasteiger partial charge in [0.15, 0.2) is 0 Å². The van der Waals surface area contributed by atoms with Crippen LogP contribution < -0.4 is 0 Å². The Kier molecular flexibility index (Phi) is 9.91. The molecular weight excluding hydrogens is 194 g/mol. The first kappa shape index (κ1) is 11.0. The Morgan fingerprint density at radius 2 is 2.45 bits per heavy atom. The Morgan fingerprint density at radius 3 is 3.09 bits per heavy atom. The third kappa shape index (κ3) is 9.95. The van der Waals surface area contributed by atoms with Gasteiger partial charge in [-0.15, -0.1) is 0 Å². The van der Waals surface area contributed by atoms with Gasteiger partial charge in [-0.1, -0.05) is 0 Å². The topological polar surface area (TPSA) is 47.9 Å². The minimum atomic E-state index is -0.602. The maximum absolute atomic E-state index is 9.62. The zero-order valence-electron chi connectivity index (χ0n) is 6.71. The van der Waals surface area contributed by atoms with Gasteiger partial charge in [-0.05, 0) is 12.5 Å². The van der Waals surface area contributed by atoms with Gasteiger partial charge in [0.2, 0.25) is 6.08 Å². The van der Waals surface area contributed by atoms with Crippen molar-refractivity contribution in [3.05, 3.63) is 0 Å². The van der Waals surface area contributed by atoms with Crippen molar-refractivity contribution in [1.82, 2.24) is 0 Å². The SMILES string of the molecule is O=C=NCCC[SiH2]O[SiH2]O[SiH3]. The summed E-state index contributed by atoms with van der Waals surface area (Å²) in [6.07, 6.45) is 2.46. The van der Waals surface area contributed by atoms with Crippen molar-refractivity contribution >= 4 is 36.3 Å². The molecule has 11 heavy (non-hydrogen) atoms. The van der Waals surface area contributed by atoms with E-state index in [1.54, 1.807) is 0 Å². The van der Waals surface area contributed by atoms with Gasteiger partial charge >= 0.3 is 0 Å². The van der Waals surface area contributed by atoms with Crippen molar-refractivity contribution in [1.29, 1.82) is 0 Å². The molecule has 0 aliphatic heterocycles. The molecule has 0 aromatic rings. The predicted molar refractivity (Wildman–Crippen MR) is 51.6 cm³/mol. The van der Waals surface area contributed by atoms with Gasteiger partial charge in [0, 0.05) is 0 Å². The molecule has 0 aliphatic rings. The number of nitrogens with zero attached hydrogens (tertiary/aromatic N) is 1. The fourth-order valence-electron chi connectivity index (χ4n) is 0.583. The van der Waals surface area contributed by atoms with Crippen LogP contribution in [0.25, 0.3) is 0 Å². The summed E-state index contributed by atoms with van der Waals surface area (Å²) in [5.41, 5.74) is 0. The van der Waals surface area contributed by atoms with Crippen LogP contribution in [0.3, 0.4) is 0 Å². The predicted octanol–water partition coefficient (Wildman–Crippen LogP) is -2.47. The zero-order chi connectivity index (χ0) is 8.36. The molecule has 0 fully saturated rings. The number of rotatable bonds is 7. The Labute approximate surface area is 73.9 Å². The van der Waals surface area contributed by atoms with Crippen LogP contribution in [0.1, 0.15) is 6.42 Å². The third-order valence-corrected chi connectivity index (χ3v) is 4.63. The molecule has 7 heteroatoms. The summed E-state index contributed by atoms with van der Waals surface area (Å²) >= 11 is 0. The van der Waals surface area contributed by atoms with E-state index in [4.69, 9.17) is 8.23 Å². The van der Waals surface area contributed by atoms with Gasteiger partial charge in [-0.2, -0.15) is 0 Å². The molecule has 4 nitrogen and oxygen atoms in total. The molecule has 0 rings (SSSR count). The van der Waals surface area contributed by atoms with Crippen LogP contribution >= 0.6 is 0 Å². The number of aliphatic imine (C=N–C) groups is 1. The highest BCUT2D eigenvalue weighted by Gasteiger charge is 1.88. The van der Waals surface area contributed by atoms with Crippen LogP contribution in [-0.4, -0.2) is 42.9 Å². The average Bonchev–Trinajstić information content (AvgIpc) is 2.03. The van der Waals surface area contributed by atoms with E-state index < -0.39 is 10.0 Å².